The van der Waals surface area contributed by atoms with Gasteiger partial charge in [0.05, 0.1) is 5.69 Å². The van der Waals surface area contributed by atoms with Crippen LogP contribution in [0.3, 0.4) is 0 Å². The van der Waals surface area contributed by atoms with Crippen LogP contribution in [0.2, 0.25) is 0 Å². The zero-order valence-electron chi connectivity index (χ0n) is 13.1. The highest BCUT2D eigenvalue weighted by atomic mass is 19.3. The molecule has 0 N–H and O–H groups in total. The normalized spacial score (nSPS) is 18.7. The molecule has 5 nitrogen and oxygen atoms in total. The average Bonchev–Trinajstić information content (AvgIpc) is 3.01. The van der Waals surface area contributed by atoms with Crippen LogP contribution in [0.5, 0.6) is 0 Å². The van der Waals surface area contributed by atoms with E-state index in [0.29, 0.717) is 12.1 Å². The van der Waals surface area contributed by atoms with Gasteiger partial charge in [0.1, 0.15) is 5.82 Å². The molecule has 2 heterocycles. The van der Waals surface area contributed by atoms with Crippen LogP contribution in [0, 0.1) is 5.82 Å². The van der Waals surface area contributed by atoms with Crippen LogP contribution in [-0.4, -0.2) is 38.9 Å². The lowest BCUT2D eigenvalue weighted by Gasteiger charge is -2.34. The molecule has 2 aromatic rings. The van der Waals surface area contributed by atoms with E-state index in [-0.39, 0.29) is 19.0 Å². The summed E-state index contributed by atoms with van der Waals surface area (Å²) in [6, 6.07) is 3.73. The molecule has 1 amide bonds. The Hall–Kier alpha value is -2.38. The van der Waals surface area contributed by atoms with Crippen LogP contribution in [0.15, 0.2) is 30.5 Å². The first-order chi connectivity index (χ1) is 11.4. The van der Waals surface area contributed by atoms with Crippen LogP contribution >= 0.6 is 0 Å². The molecule has 0 aliphatic carbocycles. The molecule has 0 saturated carbocycles. The number of hydrogen-bond donors (Lipinski definition) is 0. The first-order valence-corrected chi connectivity index (χ1v) is 7.67. The molecule has 8 heteroatoms. The van der Waals surface area contributed by atoms with Crippen LogP contribution in [0.25, 0.3) is 0 Å². The highest BCUT2D eigenvalue weighted by Crippen LogP contribution is 2.33. The number of aromatic nitrogens is 3. The average molecular weight is 338 g/mol. The van der Waals surface area contributed by atoms with Crippen LogP contribution < -0.4 is 0 Å². The van der Waals surface area contributed by atoms with Crippen LogP contribution in [0.4, 0.5) is 13.2 Å². The number of carbonyl (C=O) groups is 1. The lowest BCUT2D eigenvalue weighted by Crippen LogP contribution is -2.46. The molecule has 0 bridgehead atoms. The zero-order valence-corrected chi connectivity index (χ0v) is 13.1. The molecule has 1 aliphatic rings. The van der Waals surface area contributed by atoms with Gasteiger partial charge < -0.3 is 4.90 Å². The number of nitrogens with zero attached hydrogens (tertiary/aromatic N) is 4. The summed E-state index contributed by atoms with van der Waals surface area (Å²) in [4.78, 5) is 13.5. The SMILES string of the molecule is Cn1cc(C2CCCN(C(=O)C(F)(F)c3ccc(F)cc3)C2)nn1. The highest BCUT2D eigenvalue weighted by Gasteiger charge is 2.45. The van der Waals surface area contributed by atoms with Gasteiger partial charge in [0, 0.05) is 37.8 Å². The Morgan fingerprint density at radius 2 is 2.00 bits per heavy atom. The van der Waals surface area contributed by atoms with E-state index in [0.717, 1.165) is 35.6 Å². The van der Waals surface area contributed by atoms with E-state index >= 15 is 0 Å². The Morgan fingerprint density at radius 3 is 2.62 bits per heavy atom. The molecule has 24 heavy (non-hydrogen) atoms. The maximum absolute atomic E-state index is 14.5. The van der Waals surface area contributed by atoms with Gasteiger partial charge in [0.25, 0.3) is 5.91 Å². The predicted molar refractivity (Wildman–Crippen MR) is 79.9 cm³/mol. The summed E-state index contributed by atoms with van der Waals surface area (Å²) >= 11 is 0. The Balaban J connectivity index is 1.77. The minimum atomic E-state index is -3.68. The number of piperidine rings is 1. The lowest BCUT2D eigenvalue weighted by atomic mass is 9.94. The summed E-state index contributed by atoms with van der Waals surface area (Å²) in [7, 11) is 1.73. The number of alkyl halides is 2. The van der Waals surface area contributed by atoms with Gasteiger partial charge in [0.2, 0.25) is 0 Å². The third-order valence-corrected chi connectivity index (χ3v) is 4.22. The van der Waals surface area contributed by atoms with Gasteiger partial charge >= 0.3 is 5.92 Å². The Bertz CT molecular complexity index is 729. The quantitative estimate of drug-likeness (QED) is 0.864. The summed E-state index contributed by atoms with van der Waals surface area (Å²) in [5.41, 5.74) is 0.190. The summed E-state index contributed by atoms with van der Waals surface area (Å²) in [6.07, 6.45) is 3.12. The third kappa shape index (κ3) is 3.13. The largest absolute Gasteiger partial charge is 0.349 e. The molecule has 3 rings (SSSR count). The van der Waals surface area contributed by atoms with E-state index < -0.39 is 23.2 Å². The fourth-order valence-electron chi connectivity index (χ4n) is 2.94. The fraction of sp³-hybridized carbons (Fsp3) is 0.438. The van der Waals surface area contributed by atoms with Crippen LogP contribution in [-0.2, 0) is 17.8 Å². The Labute approximate surface area is 137 Å². The second-order valence-electron chi connectivity index (χ2n) is 5.99. The van der Waals surface area contributed by atoms with Gasteiger partial charge in [-0.25, -0.2) is 4.39 Å². The monoisotopic (exact) mass is 338 g/mol. The number of hydrogen-bond acceptors (Lipinski definition) is 3. The number of amides is 1. The molecule has 1 aromatic heterocycles. The van der Waals surface area contributed by atoms with Crippen molar-refractivity contribution in [1.82, 2.24) is 19.9 Å². The smallest absolute Gasteiger partial charge is 0.336 e. The number of likely N-dealkylation sites (tertiary alicyclic amines) is 1. The second kappa shape index (κ2) is 6.26. The fourth-order valence-corrected chi connectivity index (χ4v) is 2.94. The minimum Gasteiger partial charge on any atom is -0.336 e. The van der Waals surface area contributed by atoms with Crippen molar-refractivity contribution in [3.8, 4) is 0 Å². The summed E-state index contributed by atoms with van der Waals surface area (Å²) in [6.45, 7) is 0.445. The van der Waals surface area contributed by atoms with Gasteiger partial charge in [-0.3, -0.25) is 9.48 Å². The van der Waals surface area contributed by atoms with Crippen molar-refractivity contribution in [1.29, 1.82) is 0 Å². The Morgan fingerprint density at radius 1 is 1.29 bits per heavy atom. The molecular weight excluding hydrogens is 321 g/mol. The molecule has 1 saturated heterocycles. The summed E-state index contributed by atoms with van der Waals surface area (Å²) in [5, 5.41) is 7.85. The van der Waals surface area contributed by atoms with Gasteiger partial charge in [-0.2, -0.15) is 8.78 Å². The summed E-state index contributed by atoms with van der Waals surface area (Å²) in [5.74, 6) is -5.68. The third-order valence-electron chi connectivity index (χ3n) is 4.22. The van der Waals surface area contributed by atoms with Crippen molar-refractivity contribution in [3.63, 3.8) is 0 Å². The van der Waals surface area contributed by atoms with E-state index in [1.165, 1.54) is 0 Å². The number of rotatable bonds is 3. The molecular formula is C16H17F3N4O. The van der Waals surface area contributed by atoms with Gasteiger partial charge in [-0.15, -0.1) is 5.10 Å². The molecule has 1 aromatic carbocycles. The topological polar surface area (TPSA) is 51.0 Å². The number of carbonyl (C=O) groups excluding carboxylic acids is 1. The van der Waals surface area contributed by atoms with Crippen molar-refractivity contribution >= 4 is 5.91 Å². The Kier molecular flexibility index (Phi) is 4.29. The first kappa shape index (κ1) is 16.5. The minimum absolute atomic E-state index is 0.111. The van der Waals surface area contributed by atoms with Gasteiger partial charge in [0.15, 0.2) is 0 Å². The molecule has 1 aliphatic heterocycles. The van der Waals surface area contributed by atoms with E-state index in [1.54, 1.807) is 17.9 Å². The first-order valence-electron chi connectivity index (χ1n) is 7.67. The van der Waals surface area contributed by atoms with Gasteiger partial charge in [-0.05, 0) is 37.1 Å². The predicted octanol–water partition coefficient (Wildman–Crippen LogP) is 2.45. The molecule has 1 unspecified atom stereocenters. The summed E-state index contributed by atoms with van der Waals surface area (Å²) < 4.78 is 43.4. The highest BCUT2D eigenvalue weighted by molar-refractivity contribution is 5.85. The van der Waals surface area contributed by atoms with E-state index in [1.807, 2.05) is 0 Å². The van der Waals surface area contributed by atoms with Crippen molar-refractivity contribution in [3.05, 3.63) is 47.5 Å². The van der Waals surface area contributed by atoms with Gasteiger partial charge in [-0.1, -0.05) is 5.21 Å². The van der Waals surface area contributed by atoms with Crippen molar-refractivity contribution in [2.75, 3.05) is 13.1 Å². The maximum atomic E-state index is 14.5. The molecule has 1 atom stereocenters. The molecule has 0 radical (unpaired) electrons. The lowest BCUT2D eigenvalue weighted by molar-refractivity contribution is -0.160. The van der Waals surface area contributed by atoms with Crippen LogP contribution in [0.1, 0.15) is 30.0 Å². The van der Waals surface area contributed by atoms with Crippen molar-refractivity contribution in [2.24, 2.45) is 7.05 Å². The maximum Gasteiger partial charge on any atom is 0.349 e. The van der Waals surface area contributed by atoms with Crippen molar-refractivity contribution < 1.29 is 18.0 Å². The number of aryl methyl sites for hydroxylation is 1. The number of benzene rings is 1. The number of halogens is 3. The second-order valence-corrected chi connectivity index (χ2v) is 5.99. The molecule has 0 spiro atoms. The zero-order chi connectivity index (χ0) is 17.3. The molecule has 128 valence electrons. The van der Waals surface area contributed by atoms with E-state index in [9.17, 15) is 18.0 Å². The van der Waals surface area contributed by atoms with Crippen molar-refractivity contribution in [2.45, 2.75) is 24.7 Å². The van der Waals surface area contributed by atoms with E-state index in [4.69, 9.17) is 0 Å². The van der Waals surface area contributed by atoms with E-state index in [2.05, 4.69) is 10.3 Å². The standard InChI is InChI=1S/C16H17F3N4O/c1-22-10-14(20-21-22)11-3-2-8-23(9-11)15(24)16(18,19)12-4-6-13(17)7-5-12/h4-7,10-11H,2-3,8-9H2,1H3. The molecule has 1 fully saturated rings.